The topological polar surface area (TPSA) is 38.0 Å². The van der Waals surface area contributed by atoms with Crippen molar-refractivity contribution >= 4 is 24.8 Å². The fourth-order valence-electron chi connectivity index (χ4n) is 1.38. The zero-order chi connectivity index (χ0) is 6.27. The van der Waals surface area contributed by atoms with E-state index < -0.39 is 0 Å². The second-order valence-electron chi connectivity index (χ2n) is 3.37. The summed E-state index contributed by atoms with van der Waals surface area (Å²) >= 11 is 0. The number of rotatable bonds is 2. The van der Waals surface area contributed by atoms with E-state index >= 15 is 0 Å². The van der Waals surface area contributed by atoms with E-state index in [4.69, 9.17) is 5.73 Å². The van der Waals surface area contributed by atoms with E-state index in [9.17, 15) is 0 Å². The summed E-state index contributed by atoms with van der Waals surface area (Å²) in [6, 6.07) is 2.14. The molecule has 0 aromatic rings. The molecular formula is C7H16Cl2N2. The lowest BCUT2D eigenvalue weighted by atomic mass is 9.88. The van der Waals surface area contributed by atoms with Crippen LogP contribution >= 0.6 is 24.8 Å². The van der Waals surface area contributed by atoms with Crippen LogP contribution in [0.3, 0.4) is 0 Å². The van der Waals surface area contributed by atoms with Crippen molar-refractivity contribution in [3.63, 3.8) is 0 Å². The molecule has 0 bridgehead atoms. The molecule has 2 aliphatic rings. The summed E-state index contributed by atoms with van der Waals surface area (Å²) in [6.45, 7) is 0. The maximum absolute atomic E-state index is 5.63. The van der Waals surface area contributed by atoms with Gasteiger partial charge < -0.3 is 11.1 Å². The van der Waals surface area contributed by atoms with Crippen molar-refractivity contribution in [2.45, 2.75) is 43.8 Å². The van der Waals surface area contributed by atoms with Crippen LogP contribution in [0.15, 0.2) is 0 Å². The summed E-state index contributed by atoms with van der Waals surface area (Å²) < 4.78 is 0. The molecule has 0 spiro atoms. The van der Waals surface area contributed by atoms with Gasteiger partial charge in [-0.15, -0.1) is 24.8 Å². The molecule has 0 amide bonds. The Morgan fingerprint density at radius 1 is 1.00 bits per heavy atom. The minimum absolute atomic E-state index is 0. The first-order valence-corrected chi connectivity index (χ1v) is 3.86. The van der Waals surface area contributed by atoms with Crippen LogP contribution in [0.1, 0.15) is 25.7 Å². The van der Waals surface area contributed by atoms with Crippen molar-refractivity contribution < 1.29 is 0 Å². The number of nitrogens with two attached hydrogens (primary N) is 1. The smallest absolute Gasteiger partial charge is 0.00991 e. The zero-order valence-corrected chi connectivity index (χ0v) is 8.09. The number of hydrogen-bond acceptors (Lipinski definition) is 2. The molecule has 0 radical (unpaired) electrons. The predicted molar refractivity (Wildman–Crippen MR) is 51.7 cm³/mol. The summed E-state index contributed by atoms with van der Waals surface area (Å²) in [5.74, 6) is 0. The van der Waals surface area contributed by atoms with Gasteiger partial charge in [-0.3, -0.25) is 0 Å². The van der Waals surface area contributed by atoms with Crippen LogP contribution in [-0.4, -0.2) is 18.1 Å². The maximum Gasteiger partial charge on any atom is 0.00991 e. The van der Waals surface area contributed by atoms with Crippen LogP contribution in [0, 0.1) is 0 Å². The normalized spacial score (nSPS) is 34.6. The van der Waals surface area contributed by atoms with Gasteiger partial charge in [0.1, 0.15) is 0 Å². The second kappa shape index (κ2) is 4.51. The van der Waals surface area contributed by atoms with Crippen LogP contribution in [0.5, 0.6) is 0 Å². The molecule has 3 N–H and O–H groups in total. The fourth-order valence-corrected chi connectivity index (χ4v) is 1.38. The monoisotopic (exact) mass is 198 g/mol. The summed E-state index contributed by atoms with van der Waals surface area (Å²) in [7, 11) is 0. The van der Waals surface area contributed by atoms with Crippen LogP contribution in [-0.2, 0) is 0 Å². The third kappa shape index (κ3) is 3.16. The Morgan fingerprint density at radius 2 is 1.55 bits per heavy atom. The van der Waals surface area contributed by atoms with Gasteiger partial charge in [0.25, 0.3) is 0 Å². The molecule has 4 heteroatoms. The Balaban J connectivity index is 0.000000500. The summed E-state index contributed by atoms with van der Waals surface area (Å²) in [6.07, 6.45) is 5.20. The van der Waals surface area contributed by atoms with E-state index in [1.54, 1.807) is 0 Å². The minimum Gasteiger partial charge on any atom is -0.328 e. The van der Waals surface area contributed by atoms with Crippen LogP contribution in [0.4, 0.5) is 0 Å². The van der Waals surface area contributed by atoms with E-state index in [1.165, 1.54) is 25.7 Å². The highest BCUT2D eigenvalue weighted by atomic mass is 35.5. The molecule has 2 rings (SSSR count). The molecule has 2 fully saturated rings. The molecule has 0 atom stereocenters. The van der Waals surface area contributed by atoms with Crippen molar-refractivity contribution in [2.24, 2.45) is 5.73 Å². The van der Waals surface area contributed by atoms with E-state index in [1.807, 2.05) is 0 Å². The first kappa shape index (κ1) is 11.5. The van der Waals surface area contributed by atoms with Crippen molar-refractivity contribution in [1.29, 1.82) is 0 Å². The summed E-state index contributed by atoms with van der Waals surface area (Å²) in [5.41, 5.74) is 5.63. The van der Waals surface area contributed by atoms with Gasteiger partial charge in [0.2, 0.25) is 0 Å². The minimum atomic E-state index is 0. The highest BCUT2D eigenvalue weighted by Crippen LogP contribution is 2.25. The molecule has 0 heterocycles. The lowest BCUT2D eigenvalue weighted by Crippen LogP contribution is -2.49. The van der Waals surface area contributed by atoms with Gasteiger partial charge >= 0.3 is 0 Å². The average molecular weight is 199 g/mol. The Hall–Kier alpha value is 0.500. The quantitative estimate of drug-likeness (QED) is 0.698. The first-order chi connectivity index (χ1) is 4.34. The largest absolute Gasteiger partial charge is 0.328 e. The highest BCUT2D eigenvalue weighted by molar-refractivity contribution is 5.85. The van der Waals surface area contributed by atoms with Gasteiger partial charge in [-0.1, -0.05) is 0 Å². The molecule has 0 aliphatic heterocycles. The van der Waals surface area contributed by atoms with Crippen LogP contribution in [0.2, 0.25) is 0 Å². The van der Waals surface area contributed by atoms with E-state index in [-0.39, 0.29) is 24.8 Å². The molecule has 2 saturated carbocycles. The number of hydrogen-bond donors (Lipinski definition) is 2. The zero-order valence-electron chi connectivity index (χ0n) is 6.45. The standard InChI is InChI=1S/C7H14N2.2ClH/c8-5-3-7(4-5)9-6-1-2-6;;/h5-7,9H,1-4,8H2;2*1H. The lowest BCUT2D eigenvalue weighted by Gasteiger charge is -2.33. The molecule has 2 aliphatic carbocycles. The maximum atomic E-state index is 5.63. The molecule has 68 valence electrons. The SMILES string of the molecule is Cl.Cl.NC1CC(NC2CC2)C1. The molecule has 2 nitrogen and oxygen atoms in total. The van der Waals surface area contributed by atoms with Gasteiger partial charge in [0.15, 0.2) is 0 Å². The van der Waals surface area contributed by atoms with Gasteiger partial charge in [0.05, 0.1) is 0 Å². The fraction of sp³-hybridized carbons (Fsp3) is 1.00. The Bertz CT molecular complexity index is 111. The third-order valence-corrected chi connectivity index (χ3v) is 2.22. The molecule has 0 saturated heterocycles. The molecule has 0 aromatic carbocycles. The Kier molecular flexibility index (Phi) is 4.71. The third-order valence-electron chi connectivity index (χ3n) is 2.22. The highest BCUT2D eigenvalue weighted by Gasteiger charge is 2.31. The number of halogens is 2. The average Bonchev–Trinajstić information content (AvgIpc) is 2.45. The van der Waals surface area contributed by atoms with Gasteiger partial charge in [-0.25, -0.2) is 0 Å². The van der Waals surface area contributed by atoms with Crippen molar-refractivity contribution in [2.75, 3.05) is 0 Å². The summed E-state index contributed by atoms with van der Waals surface area (Å²) in [5, 5.41) is 3.54. The lowest BCUT2D eigenvalue weighted by molar-refractivity contribution is 0.290. The van der Waals surface area contributed by atoms with Crippen molar-refractivity contribution in [1.82, 2.24) is 5.32 Å². The molecule has 0 aromatic heterocycles. The molecule has 11 heavy (non-hydrogen) atoms. The van der Waals surface area contributed by atoms with Gasteiger partial charge in [-0.05, 0) is 25.7 Å². The van der Waals surface area contributed by atoms with Crippen LogP contribution < -0.4 is 11.1 Å². The van der Waals surface area contributed by atoms with Gasteiger partial charge in [-0.2, -0.15) is 0 Å². The Labute approximate surface area is 80.1 Å². The predicted octanol–water partition coefficient (Wildman–Crippen LogP) is 1.07. The van der Waals surface area contributed by atoms with Crippen LogP contribution in [0.25, 0.3) is 0 Å². The summed E-state index contributed by atoms with van der Waals surface area (Å²) in [4.78, 5) is 0. The van der Waals surface area contributed by atoms with E-state index in [2.05, 4.69) is 5.32 Å². The Morgan fingerprint density at radius 3 is 1.91 bits per heavy atom. The number of nitrogens with one attached hydrogen (secondary N) is 1. The van der Waals surface area contributed by atoms with E-state index in [0.29, 0.717) is 6.04 Å². The first-order valence-electron chi connectivity index (χ1n) is 3.86. The molecular weight excluding hydrogens is 183 g/mol. The van der Waals surface area contributed by atoms with Crippen molar-refractivity contribution in [3.05, 3.63) is 0 Å². The van der Waals surface area contributed by atoms with Crippen molar-refractivity contribution in [3.8, 4) is 0 Å². The van der Waals surface area contributed by atoms with E-state index in [0.717, 1.165) is 12.1 Å². The van der Waals surface area contributed by atoms with Gasteiger partial charge in [0, 0.05) is 18.1 Å². The molecule has 0 unspecified atom stereocenters. The second-order valence-corrected chi connectivity index (χ2v) is 3.37.